The molecule has 0 fully saturated rings. The minimum absolute atomic E-state index is 0.221. The molecule has 0 aliphatic rings. The molecule has 2 heterocycles. The first-order valence-electron chi connectivity index (χ1n) is 13.4. The first-order chi connectivity index (χ1) is 17.6. The third-order valence-corrected chi connectivity index (χ3v) is 4.44. The average molecular weight is 512 g/mol. The highest BCUT2D eigenvalue weighted by atomic mass is 16.4. The molecule has 0 atom stereocenters. The smallest absolute Gasteiger partial charge is 0.341 e. The molecular weight excluding hydrogens is 462 g/mol. The van der Waals surface area contributed by atoms with E-state index in [1.807, 2.05) is 79.7 Å². The highest BCUT2D eigenvalue weighted by Crippen LogP contribution is 2.26. The summed E-state index contributed by atoms with van der Waals surface area (Å²) in [5.74, 6) is -0.381. The normalized spacial score (nSPS) is 10.0. The highest BCUT2D eigenvalue weighted by molar-refractivity contribution is 5.94. The Morgan fingerprint density at radius 2 is 1.68 bits per heavy atom. The minimum Gasteiger partial charge on any atom is -0.477 e. The number of para-hydroxylation sites is 1. The number of fused-ring (bicyclic) bond motifs is 1. The molecule has 0 radical (unpaired) electrons. The number of hydrogen-bond donors (Lipinski definition) is 2. The monoisotopic (exact) mass is 511 g/mol. The number of carbonyl (C=O) groups is 1. The fraction of sp³-hybridized carbons (Fsp3) is 0.452. The summed E-state index contributed by atoms with van der Waals surface area (Å²) in [6.07, 6.45) is 5.89. The van der Waals surface area contributed by atoms with Gasteiger partial charge in [0.15, 0.2) is 5.43 Å². The molecule has 6 nitrogen and oxygen atoms in total. The molecule has 3 aromatic rings. The Balaban J connectivity index is 0. The van der Waals surface area contributed by atoms with Crippen LogP contribution in [0.5, 0.6) is 0 Å². The fourth-order valence-electron chi connectivity index (χ4n) is 3.15. The molecule has 0 bridgehead atoms. The third kappa shape index (κ3) is 11.5. The van der Waals surface area contributed by atoms with Crippen LogP contribution in [0.25, 0.3) is 22.0 Å². The lowest BCUT2D eigenvalue weighted by Crippen LogP contribution is -2.19. The zero-order valence-corrected chi connectivity index (χ0v) is 24.9. The number of aromatic carboxylic acids is 1. The summed E-state index contributed by atoms with van der Waals surface area (Å²) >= 11 is 0. The summed E-state index contributed by atoms with van der Waals surface area (Å²) in [5, 5.41) is 17.3. The van der Waals surface area contributed by atoms with Gasteiger partial charge in [-0.15, -0.1) is 0 Å². The SMILES string of the molecule is C=C(/C=C(\C)c1cc(=O)c(C(=O)O)cn1CCC)c1cccc2cn[nH]c12.CC.CC.CC.CC(C)C. The van der Waals surface area contributed by atoms with Gasteiger partial charge in [0, 0.05) is 35.5 Å². The van der Waals surface area contributed by atoms with E-state index < -0.39 is 11.4 Å². The maximum atomic E-state index is 12.2. The lowest BCUT2D eigenvalue weighted by atomic mass is 10.0. The van der Waals surface area contributed by atoms with Crippen molar-refractivity contribution >= 4 is 28.0 Å². The summed E-state index contributed by atoms with van der Waals surface area (Å²) in [6, 6.07) is 7.25. The number of benzene rings is 1. The number of hydrogen-bond acceptors (Lipinski definition) is 3. The molecule has 2 aromatic heterocycles. The number of carboxylic acids is 1. The number of aryl methyl sites for hydroxylation is 1. The van der Waals surface area contributed by atoms with E-state index in [0.717, 1.165) is 40.0 Å². The van der Waals surface area contributed by atoms with Crippen LogP contribution in [-0.2, 0) is 6.54 Å². The fourth-order valence-corrected chi connectivity index (χ4v) is 3.15. The van der Waals surface area contributed by atoms with E-state index in [4.69, 9.17) is 0 Å². The summed E-state index contributed by atoms with van der Waals surface area (Å²) in [7, 11) is 0. The van der Waals surface area contributed by atoms with Crippen molar-refractivity contribution in [1.82, 2.24) is 14.8 Å². The van der Waals surface area contributed by atoms with Crippen LogP contribution in [0.3, 0.4) is 0 Å². The van der Waals surface area contributed by atoms with Gasteiger partial charge in [-0.3, -0.25) is 9.89 Å². The van der Waals surface area contributed by atoms with Crippen LogP contribution >= 0.6 is 0 Å². The minimum atomic E-state index is -1.21. The van der Waals surface area contributed by atoms with Crippen LogP contribution in [0.15, 0.2) is 54.1 Å². The molecule has 1 aromatic carbocycles. The average Bonchev–Trinajstić information content (AvgIpc) is 3.37. The number of H-pyrrole nitrogens is 1. The van der Waals surface area contributed by atoms with Crippen molar-refractivity contribution in [1.29, 1.82) is 0 Å². The first-order valence-corrected chi connectivity index (χ1v) is 13.4. The standard InChI is InChI=1S/C21H21N3O3.C4H10.3C2H6/c1-4-8-24-12-17(21(26)27)19(25)10-18(24)14(3)9-13(2)16-7-5-6-15-11-22-23-20(15)16;1-4(2)3;3*1-2/h5-7,9-12H,2,4,8H2,1,3H3,(H,22,23)(H,26,27);4H,1-3H3;3*1-2H3/b14-9+;;;;. The predicted molar refractivity (Wildman–Crippen MR) is 161 cm³/mol. The van der Waals surface area contributed by atoms with E-state index in [-0.39, 0.29) is 5.56 Å². The van der Waals surface area contributed by atoms with Gasteiger partial charge in [0.1, 0.15) is 5.56 Å². The van der Waals surface area contributed by atoms with Gasteiger partial charge in [0.05, 0.1) is 11.7 Å². The Kier molecular flexibility index (Phi) is 19.1. The van der Waals surface area contributed by atoms with E-state index in [1.54, 1.807) is 10.8 Å². The highest BCUT2D eigenvalue weighted by Gasteiger charge is 2.14. The predicted octanol–water partition coefficient (Wildman–Crippen LogP) is 8.69. The van der Waals surface area contributed by atoms with Crippen LogP contribution in [0.2, 0.25) is 0 Å². The van der Waals surface area contributed by atoms with Crippen molar-refractivity contribution in [3.8, 4) is 0 Å². The van der Waals surface area contributed by atoms with Crippen LogP contribution in [0.1, 0.15) is 104 Å². The maximum Gasteiger partial charge on any atom is 0.341 e. The molecule has 37 heavy (non-hydrogen) atoms. The van der Waals surface area contributed by atoms with Gasteiger partial charge >= 0.3 is 5.97 Å². The number of nitrogens with zero attached hydrogens (tertiary/aromatic N) is 2. The number of pyridine rings is 1. The molecule has 6 heteroatoms. The van der Waals surface area contributed by atoms with Gasteiger partial charge in [-0.2, -0.15) is 5.10 Å². The van der Waals surface area contributed by atoms with E-state index in [9.17, 15) is 14.7 Å². The number of aromatic nitrogens is 3. The number of allylic oxidation sites excluding steroid dienone is 3. The molecule has 3 rings (SSSR count). The molecule has 0 amide bonds. The molecule has 206 valence electrons. The number of carboxylic acid groups (broad SMARTS) is 1. The number of nitrogens with one attached hydrogen (secondary N) is 1. The summed E-state index contributed by atoms with van der Waals surface area (Å²) in [5.41, 5.74) is 3.40. The molecular formula is C31H49N3O3. The zero-order chi connectivity index (χ0) is 29.1. The lowest BCUT2D eigenvalue weighted by molar-refractivity contribution is 0.0694. The maximum absolute atomic E-state index is 12.2. The second kappa shape index (κ2) is 19.7. The second-order valence-corrected chi connectivity index (χ2v) is 8.16. The van der Waals surface area contributed by atoms with E-state index in [0.29, 0.717) is 12.2 Å². The third-order valence-electron chi connectivity index (χ3n) is 4.44. The van der Waals surface area contributed by atoms with Crippen molar-refractivity contribution in [2.45, 2.75) is 89.1 Å². The topological polar surface area (TPSA) is 88.0 Å². The van der Waals surface area contributed by atoms with Crippen molar-refractivity contribution in [2.75, 3.05) is 0 Å². The zero-order valence-electron chi connectivity index (χ0n) is 24.9. The Hall–Kier alpha value is -3.41. The molecule has 0 spiro atoms. The van der Waals surface area contributed by atoms with Crippen molar-refractivity contribution in [3.05, 3.63) is 76.4 Å². The van der Waals surface area contributed by atoms with Crippen molar-refractivity contribution in [3.63, 3.8) is 0 Å². The Bertz CT molecular complexity index is 1170. The van der Waals surface area contributed by atoms with Crippen LogP contribution in [-0.4, -0.2) is 25.8 Å². The van der Waals surface area contributed by atoms with E-state index in [2.05, 4.69) is 37.5 Å². The lowest BCUT2D eigenvalue weighted by Gasteiger charge is -2.15. The van der Waals surface area contributed by atoms with Gasteiger partial charge in [0.2, 0.25) is 0 Å². The van der Waals surface area contributed by atoms with E-state index in [1.165, 1.54) is 12.3 Å². The Morgan fingerprint density at radius 3 is 2.19 bits per heavy atom. The quantitative estimate of drug-likeness (QED) is 0.324. The Morgan fingerprint density at radius 1 is 1.11 bits per heavy atom. The van der Waals surface area contributed by atoms with Gasteiger partial charge in [-0.25, -0.2) is 4.79 Å². The van der Waals surface area contributed by atoms with Gasteiger partial charge < -0.3 is 9.67 Å². The molecule has 0 aliphatic heterocycles. The second-order valence-electron chi connectivity index (χ2n) is 8.16. The van der Waals surface area contributed by atoms with Crippen LogP contribution < -0.4 is 5.43 Å². The number of rotatable bonds is 6. The van der Waals surface area contributed by atoms with Crippen molar-refractivity contribution < 1.29 is 9.90 Å². The van der Waals surface area contributed by atoms with Gasteiger partial charge in [0.25, 0.3) is 0 Å². The van der Waals surface area contributed by atoms with Gasteiger partial charge in [-0.05, 0) is 36.5 Å². The van der Waals surface area contributed by atoms with Crippen LogP contribution in [0, 0.1) is 5.92 Å². The molecule has 0 unspecified atom stereocenters. The molecule has 2 N–H and O–H groups in total. The summed E-state index contributed by atoms with van der Waals surface area (Å²) < 4.78 is 1.81. The summed E-state index contributed by atoms with van der Waals surface area (Å²) in [4.78, 5) is 23.5. The van der Waals surface area contributed by atoms with E-state index >= 15 is 0 Å². The van der Waals surface area contributed by atoms with Crippen molar-refractivity contribution in [2.24, 2.45) is 5.92 Å². The number of aromatic amines is 1. The Labute approximate surface area is 224 Å². The molecule has 0 aliphatic carbocycles. The van der Waals surface area contributed by atoms with Crippen LogP contribution in [0.4, 0.5) is 0 Å². The first kappa shape index (κ1) is 35.8. The van der Waals surface area contributed by atoms with Gasteiger partial charge in [-0.1, -0.05) is 94.0 Å². The molecule has 0 saturated carbocycles. The largest absolute Gasteiger partial charge is 0.477 e. The summed E-state index contributed by atoms with van der Waals surface area (Å²) in [6.45, 7) is 27.2. The molecule has 0 saturated heterocycles.